The summed E-state index contributed by atoms with van der Waals surface area (Å²) in [4.78, 5) is 0. The van der Waals surface area contributed by atoms with Gasteiger partial charge in [0.05, 0.1) is 17.2 Å². The average Bonchev–Trinajstić information content (AvgIpc) is 3.63. The zero-order valence-corrected chi connectivity index (χ0v) is 23.1. The minimum absolute atomic E-state index is 0.569. The molecule has 2 aromatic heterocycles. The standard InChI is InChI=1S/C38H20N2OS/c39-21-23-15-17-24(18-16-23)32-19-25(26-9-5-12-31-28-8-2-4-14-36(28)42-38(26)31)20-33(34(32)22-40)30-11-6-10-29-27-7-1-3-13-35(27)41-37(29)30/h1-20H. The van der Waals surface area contributed by atoms with Crippen molar-refractivity contribution in [1.29, 1.82) is 10.5 Å². The number of nitrogens with zero attached hydrogens (tertiary/aromatic N) is 2. The first kappa shape index (κ1) is 24.1. The molecule has 42 heavy (non-hydrogen) atoms. The maximum atomic E-state index is 10.6. The summed E-state index contributed by atoms with van der Waals surface area (Å²) in [7, 11) is 0. The van der Waals surface area contributed by atoms with Crippen LogP contribution in [-0.4, -0.2) is 0 Å². The lowest BCUT2D eigenvalue weighted by Crippen LogP contribution is -1.93. The molecule has 2 heterocycles. The average molecular weight is 553 g/mol. The third-order valence-electron chi connectivity index (χ3n) is 7.98. The Labute approximate surface area is 245 Å². The lowest BCUT2D eigenvalue weighted by molar-refractivity contribution is 0.670. The third-order valence-corrected chi connectivity index (χ3v) is 9.20. The van der Waals surface area contributed by atoms with Crippen LogP contribution in [-0.2, 0) is 0 Å². The smallest absolute Gasteiger partial charge is 0.143 e. The van der Waals surface area contributed by atoms with Gasteiger partial charge in [0.25, 0.3) is 0 Å². The van der Waals surface area contributed by atoms with Crippen molar-refractivity contribution in [3.63, 3.8) is 0 Å². The molecule has 0 N–H and O–H groups in total. The van der Waals surface area contributed by atoms with Crippen LogP contribution >= 0.6 is 11.3 Å². The Morgan fingerprint density at radius 3 is 2.02 bits per heavy atom. The molecule has 0 amide bonds. The van der Waals surface area contributed by atoms with E-state index in [4.69, 9.17) is 4.42 Å². The molecule has 8 rings (SSSR count). The SMILES string of the molecule is N#Cc1ccc(-c2cc(-c3cccc4c3sc3ccccc34)cc(-c3cccc4c3oc3ccccc34)c2C#N)cc1. The van der Waals surface area contributed by atoms with Crippen molar-refractivity contribution in [1.82, 2.24) is 0 Å². The Balaban J connectivity index is 1.47. The number of furan rings is 1. The molecule has 0 unspecified atom stereocenters. The van der Waals surface area contributed by atoms with Crippen molar-refractivity contribution in [3.05, 3.63) is 132 Å². The van der Waals surface area contributed by atoms with E-state index in [1.54, 1.807) is 23.5 Å². The first-order chi connectivity index (χ1) is 20.7. The van der Waals surface area contributed by atoms with Crippen LogP contribution in [0, 0.1) is 22.7 Å². The summed E-state index contributed by atoms with van der Waals surface area (Å²) in [5.74, 6) is 0. The highest BCUT2D eigenvalue weighted by atomic mass is 32.1. The summed E-state index contributed by atoms with van der Waals surface area (Å²) in [6, 6.07) is 45.5. The van der Waals surface area contributed by atoms with E-state index in [0.717, 1.165) is 55.3 Å². The molecule has 0 aliphatic carbocycles. The van der Waals surface area contributed by atoms with E-state index in [2.05, 4.69) is 78.9 Å². The van der Waals surface area contributed by atoms with E-state index in [1.165, 1.54) is 20.2 Å². The van der Waals surface area contributed by atoms with Crippen molar-refractivity contribution < 1.29 is 4.42 Å². The van der Waals surface area contributed by atoms with Crippen LogP contribution in [0.25, 0.3) is 75.5 Å². The molecule has 0 spiro atoms. The number of hydrogen-bond donors (Lipinski definition) is 0. The molecule has 0 aliphatic rings. The highest BCUT2D eigenvalue weighted by Gasteiger charge is 2.20. The topological polar surface area (TPSA) is 60.7 Å². The molecule has 0 saturated carbocycles. The normalized spacial score (nSPS) is 11.3. The van der Waals surface area contributed by atoms with Gasteiger partial charge in [0.1, 0.15) is 17.2 Å². The van der Waals surface area contributed by atoms with Gasteiger partial charge < -0.3 is 4.42 Å². The fraction of sp³-hybridized carbons (Fsp3) is 0. The van der Waals surface area contributed by atoms with Gasteiger partial charge in [-0.1, -0.05) is 84.9 Å². The van der Waals surface area contributed by atoms with Gasteiger partial charge in [-0.15, -0.1) is 11.3 Å². The highest BCUT2D eigenvalue weighted by Crippen LogP contribution is 2.45. The number of para-hydroxylation sites is 2. The molecule has 8 aromatic rings. The predicted molar refractivity (Wildman–Crippen MR) is 172 cm³/mol. The summed E-state index contributed by atoms with van der Waals surface area (Å²) in [6.45, 7) is 0. The molecular weight excluding hydrogens is 532 g/mol. The molecule has 4 heteroatoms. The summed E-state index contributed by atoms with van der Waals surface area (Å²) < 4.78 is 8.88. The fourth-order valence-electron chi connectivity index (χ4n) is 6.02. The van der Waals surface area contributed by atoms with Gasteiger partial charge in [-0.3, -0.25) is 0 Å². The van der Waals surface area contributed by atoms with E-state index in [-0.39, 0.29) is 0 Å². The summed E-state index contributed by atoms with van der Waals surface area (Å²) >= 11 is 1.79. The molecule has 0 fully saturated rings. The minimum atomic E-state index is 0.569. The van der Waals surface area contributed by atoms with Crippen LogP contribution in [0.3, 0.4) is 0 Å². The van der Waals surface area contributed by atoms with E-state index < -0.39 is 0 Å². The lowest BCUT2D eigenvalue weighted by atomic mass is 9.87. The number of benzene rings is 6. The highest BCUT2D eigenvalue weighted by molar-refractivity contribution is 7.26. The lowest BCUT2D eigenvalue weighted by Gasteiger charge is -2.15. The summed E-state index contributed by atoms with van der Waals surface area (Å²) in [5, 5.41) is 24.6. The summed E-state index contributed by atoms with van der Waals surface area (Å²) in [6.07, 6.45) is 0. The maximum absolute atomic E-state index is 10.6. The summed E-state index contributed by atoms with van der Waals surface area (Å²) in [5.41, 5.74) is 8.26. The van der Waals surface area contributed by atoms with E-state index in [1.807, 2.05) is 42.5 Å². The quantitative estimate of drug-likeness (QED) is 0.219. The zero-order chi connectivity index (χ0) is 28.2. The van der Waals surface area contributed by atoms with E-state index in [9.17, 15) is 10.5 Å². The second-order valence-electron chi connectivity index (χ2n) is 10.3. The number of nitriles is 2. The monoisotopic (exact) mass is 552 g/mol. The Bertz CT molecular complexity index is 2430. The third kappa shape index (κ3) is 3.64. The van der Waals surface area contributed by atoms with E-state index >= 15 is 0 Å². The Hall–Kier alpha value is -5.68. The fourth-order valence-corrected chi connectivity index (χ4v) is 7.25. The largest absolute Gasteiger partial charge is 0.455 e. The van der Waals surface area contributed by atoms with Crippen LogP contribution < -0.4 is 0 Å². The van der Waals surface area contributed by atoms with Crippen molar-refractivity contribution >= 4 is 53.4 Å². The van der Waals surface area contributed by atoms with Crippen LogP contribution in [0.4, 0.5) is 0 Å². The van der Waals surface area contributed by atoms with Crippen LogP contribution in [0.1, 0.15) is 11.1 Å². The van der Waals surface area contributed by atoms with Gasteiger partial charge in [-0.2, -0.15) is 10.5 Å². The molecular formula is C38H20N2OS. The van der Waals surface area contributed by atoms with E-state index in [0.29, 0.717) is 11.1 Å². The van der Waals surface area contributed by atoms with Crippen LogP contribution in [0.5, 0.6) is 0 Å². The molecule has 3 nitrogen and oxygen atoms in total. The number of thiophene rings is 1. The van der Waals surface area contributed by atoms with Gasteiger partial charge >= 0.3 is 0 Å². The van der Waals surface area contributed by atoms with Crippen LogP contribution in [0.2, 0.25) is 0 Å². The van der Waals surface area contributed by atoms with Gasteiger partial charge in [-0.25, -0.2) is 0 Å². The van der Waals surface area contributed by atoms with Gasteiger partial charge in [0.2, 0.25) is 0 Å². The molecule has 0 atom stereocenters. The predicted octanol–water partition coefficient (Wildman–Crippen LogP) is 10.7. The molecule has 6 aromatic carbocycles. The number of fused-ring (bicyclic) bond motifs is 6. The second-order valence-corrected chi connectivity index (χ2v) is 11.4. The van der Waals surface area contributed by atoms with Gasteiger partial charge in [-0.05, 0) is 53.1 Å². The minimum Gasteiger partial charge on any atom is -0.455 e. The number of rotatable bonds is 3. The molecule has 0 aliphatic heterocycles. The first-order valence-corrected chi connectivity index (χ1v) is 14.4. The first-order valence-electron chi connectivity index (χ1n) is 13.6. The van der Waals surface area contributed by atoms with Crippen LogP contribution in [0.15, 0.2) is 126 Å². The number of hydrogen-bond acceptors (Lipinski definition) is 4. The maximum Gasteiger partial charge on any atom is 0.143 e. The molecule has 194 valence electrons. The van der Waals surface area contributed by atoms with Crippen molar-refractivity contribution in [2.75, 3.05) is 0 Å². The molecule has 0 radical (unpaired) electrons. The molecule has 0 saturated heterocycles. The second kappa shape index (κ2) is 9.46. The Morgan fingerprint density at radius 2 is 1.21 bits per heavy atom. The van der Waals surface area contributed by atoms with Gasteiger partial charge in [0, 0.05) is 47.6 Å². The zero-order valence-electron chi connectivity index (χ0n) is 22.3. The van der Waals surface area contributed by atoms with Crippen molar-refractivity contribution in [3.8, 4) is 45.5 Å². The van der Waals surface area contributed by atoms with Crippen molar-refractivity contribution in [2.45, 2.75) is 0 Å². The van der Waals surface area contributed by atoms with Gasteiger partial charge in [0.15, 0.2) is 0 Å². The van der Waals surface area contributed by atoms with Crippen molar-refractivity contribution in [2.24, 2.45) is 0 Å². The molecule has 0 bridgehead atoms. The Morgan fingerprint density at radius 1 is 0.524 bits per heavy atom. The Kier molecular flexibility index (Phi) is 5.44.